The minimum atomic E-state index is -0.0552. The number of aromatic nitrogens is 3. The first kappa shape index (κ1) is 14.0. The Morgan fingerprint density at radius 2 is 2.00 bits per heavy atom. The van der Waals surface area contributed by atoms with Crippen molar-refractivity contribution in [2.24, 2.45) is 0 Å². The number of ether oxygens (including phenoxy) is 2. The molecule has 0 radical (unpaired) electrons. The van der Waals surface area contributed by atoms with E-state index in [1.807, 2.05) is 6.92 Å². The summed E-state index contributed by atoms with van der Waals surface area (Å²) in [5, 5.41) is 12.1. The molecule has 7 nitrogen and oxygen atoms in total. The number of anilines is 1. The van der Waals surface area contributed by atoms with Gasteiger partial charge in [0.15, 0.2) is 0 Å². The number of nitrogens with one attached hydrogen (secondary N) is 1. The van der Waals surface area contributed by atoms with Gasteiger partial charge in [0.2, 0.25) is 5.95 Å². The zero-order chi connectivity index (χ0) is 14.4. The molecule has 20 heavy (non-hydrogen) atoms. The number of hydrogen-bond acceptors (Lipinski definition) is 7. The van der Waals surface area contributed by atoms with Crippen molar-refractivity contribution in [3.63, 3.8) is 0 Å². The van der Waals surface area contributed by atoms with Gasteiger partial charge in [-0.1, -0.05) is 12.1 Å². The lowest BCUT2D eigenvalue weighted by atomic mass is 10.2. The van der Waals surface area contributed by atoms with Crippen molar-refractivity contribution in [3.05, 3.63) is 29.8 Å². The van der Waals surface area contributed by atoms with Crippen LogP contribution in [-0.2, 0) is 6.61 Å². The molecule has 0 spiro atoms. The highest BCUT2D eigenvalue weighted by molar-refractivity contribution is 5.32. The molecule has 0 amide bonds. The Balaban J connectivity index is 2.24. The average molecular weight is 276 g/mol. The predicted molar refractivity (Wildman–Crippen MR) is 73.0 cm³/mol. The van der Waals surface area contributed by atoms with Crippen LogP contribution in [0, 0.1) is 0 Å². The highest BCUT2D eigenvalue weighted by Gasteiger charge is 2.08. The van der Waals surface area contributed by atoms with Crippen molar-refractivity contribution >= 4 is 5.95 Å². The maximum atomic E-state index is 9.10. The predicted octanol–water partition coefficient (Wildman–Crippen LogP) is 1.60. The minimum Gasteiger partial charge on any atom is -0.467 e. The fourth-order valence-electron chi connectivity index (χ4n) is 1.52. The van der Waals surface area contributed by atoms with Crippen LogP contribution >= 0.6 is 0 Å². The number of benzene rings is 1. The molecule has 0 saturated heterocycles. The van der Waals surface area contributed by atoms with E-state index in [9.17, 15) is 0 Å². The second-order valence-electron chi connectivity index (χ2n) is 3.87. The van der Waals surface area contributed by atoms with Gasteiger partial charge < -0.3 is 19.9 Å². The molecular weight excluding hydrogens is 260 g/mol. The van der Waals surface area contributed by atoms with Gasteiger partial charge in [-0.15, -0.1) is 4.98 Å². The van der Waals surface area contributed by atoms with E-state index in [4.69, 9.17) is 14.6 Å². The van der Waals surface area contributed by atoms with Crippen LogP contribution in [0.25, 0.3) is 0 Å². The monoisotopic (exact) mass is 276 g/mol. The van der Waals surface area contributed by atoms with E-state index < -0.39 is 0 Å². The highest BCUT2D eigenvalue weighted by atomic mass is 16.5. The second-order valence-corrected chi connectivity index (χ2v) is 3.87. The van der Waals surface area contributed by atoms with Crippen LogP contribution in [0.5, 0.6) is 17.8 Å². The van der Waals surface area contributed by atoms with Gasteiger partial charge in [0, 0.05) is 6.54 Å². The first-order valence-corrected chi connectivity index (χ1v) is 6.16. The van der Waals surface area contributed by atoms with Crippen LogP contribution in [0.4, 0.5) is 5.95 Å². The topological polar surface area (TPSA) is 89.4 Å². The third-order valence-corrected chi connectivity index (χ3v) is 2.40. The molecule has 2 aromatic rings. The molecule has 106 valence electrons. The second kappa shape index (κ2) is 6.67. The minimum absolute atomic E-state index is 0.0552. The van der Waals surface area contributed by atoms with Gasteiger partial charge in [-0.05, 0) is 24.6 Å². The van der Waals surface area contributed by atoms with Crippen molar-refractivity contribution in [1.29, 1.82) is 0 Å². The summed E-state index contributed by atoms with van der Waals surface area (Å²) in [7, 11) is 1.47. The number of rotatable bonds is 6. The quantitative estimate of drug-likeness (QED) is 0.828. The Labute approximate surface area is 116 Å². The molecule has 0 aliphatic rings. The van der Waals surface area contributed by atoms with Crippen molar-refractivity contribution in [3.8, 4) is 17.8 Å². The summed E-state index contributed by atoms with van der Waals surface area (Å²) in [6.45, 7) is 2.55. The maximum absolute atomic E-state index is 9.10. The summed E-state index contributed by atoms with van der Waals surface area (Å²) in [4.78, 5) is 12.2. The van der Waals surface area contributed by atoms with E-state index in [1.165, 1.54) is 7.11 Å². The van der Waals surface area contributed by atoms with E-state index >= 15 is 0 Å². The van der Waals surface area contributed by atoms with Crippen molar-refractivity contribution in [2.75, 3.05) is 19.0 Å². The Kier molecular flexibility index (Phi) is 4.67. The zero-order valence-corrected chi connectivity index (χ0v) is 11.3. The Morgan fingerprint density at radius 3 is 2.70 bits per heavy atom. The molecule has 0 atom stereocenters. The molecule has 0 unspecified atom stereocenters. The molecule has 1 aromatic heterocycles. The summed E-state index contributed by atoms with van der Waals surface area (Å²) in [6.07, 6.45) is 0. The van der Waals surface area contributed by atoms with Gasteiger partial charge in [-0.2, -0.15) is 9.97 Å². The molecule has 0 bridgehead atoms. The molecule has 7 heteroatoms. The SMILES string of the molecule is CCNc1nc(OC)nc(Oc2cccc(CO)c2)n1. The van der Waals surface area contributed by atoms with E-state index in [0.29, 0.717) is 18.2 Å². The van der Waals surface area contributed by atoms with Crippen LogP contribution in [0.3, 0.4) is 0 Å². The molecular formula is C13H16N4O3. The molecule has 0 fully saturated rings. The smallest absolute Gasteiger partial charge is 0.330 e. The van der Waals surface area contributed by atoms with Crippen molar-refractivity contribution in [2.45, 2.75) is 13.5 Å². The van der Waals surface area contributed by atoms with Crippen LogP contribution in [0.1, 0.15) is 12.5 Å². The fraction of sp³-hybridized carbons (Fsp3) is 0.308. The number of aliphatic hydroxyl groups excluding tert-OH is 1. The summed E-state index contributed by atoms with van der Waals surface area (Å²) in [6, 6.07) is 7.34. The zero-order valence-electron chi connectivity index (χ0n) is 11.3. The van der Waals surface area contributed by atoms with Crippen LogP contribution in [0.15, 0.2) is 24.3 Å². The molecule has 0 aliphatic carbocycles. The van der Waals surface area contributed by atoms with Crippen LogP contribution in [-0.4, -0.2) is 33.7 Å². The summed E-state index contributed by atoms with van der Waals surface area (Å²) < 4.78 is 10.6. The summed E-state index contributed by atoms with van der Waals surface area (Å²) in [5.74, 6) is 0.917. The van der Waals surface area contributed by atoms with Gasteiger partial charge in [0.1, 0.15) is 5.75 Å². The standard InChI is InChI=1S/C13H16N4O3/c1-3-14-11-15-12(19-2)17-13(16-11)20-10-6-4-5-9(7-10)8-18/h4-7,18H,3,8H2,1-2H3,(H,14,15,16,17). The number of hydrogen-bond donors (Lipinski definition) is 2. The van der Waals surface area contributed by atoms with Gasteiger partial charge >= 0.3 is 12.0 Å². The fourth-order valence-corrected chi connectivity index (χ4v) is 1.52. The van der Waals surface area contributed by atoms with Gasteiger partial charge in [0.25, 0.3) is 0 Å². The normalized spacial score (nSPS) is 10.2. The van der Waals surface area contributed by atoms with Crippen molar-refractivity contribution in [1.82, 2.24) is 15.0 Å². The molecule has 1 aromatic carbocycles. The largest absolute Gasteiger partial charge is 0.467 e. The number of nitrogens with zero attached hydrogens (tertiary/aromatic N) is 3. The Bertz CT molecular complexity index is 577. The van der Waals surface area contributed by atoms with E-state index in [2.05, 4.69) is 20.3 Å². The molecule has 0 saturated carbocycles. The summed E-state index contributed by atoms with van der Waals surface area (Å²) >= 11 is 0. The third kappa shape index (κ3) is 3.55. The molecule has 0 aliphatic heterocycles. The van der Waals surface area contributed by atoms with Gasteiger partial charge in [-0.25, -0.2) is 0 Å². The Hall–Kier alpha value is -2.41. The van der Waals surface area contributed by atoms with Gasteiger partial charge in [0.05, 0.1) is 13.7 Å². The van der Waals surface area contributed by atoms with Crippen molar-refractivity contribution < 1.29 is 14.6 Å². The van der Waals surface area contributed by atoms with Crippen LogP contribution in [0.2, 0.25) is 0 Å². The van der Waals surface area contributed by atoms with E-state index in [0.717, 1.165) is 5.56 Å². The van der Waals surface area contributed by atoms with E-state index in [-0.39, 0.29) is 18.6 Å². The van der Waals surface area contributed by atoms with Crippen LogP contribution < -0.4 is 14.8 Å². The highest BCUT2D eigenvalue weighted by Crippen LogP contribution is 2.21. The van der Waals surface area contributed by atoms with E-state index in [1.54, 1.807) is 24.3 Å². The molecule has 2 N–H and O–H groups in total. The maximum Gasteiger partial charge on any atom is 0.330 e. The molecule has 2 rings (SSSR count). The van der Waals surface area contributed by atoms with Gasteiger partial charge in [-0.3, -0.25) is 0 Å². The lowest BCUT2D eigenvalue weighted by molar-refractivity contribution is 0.281. The number of aliphatic hydroxyl groups is 1. The third-order valence-electron chi connectivity index (χ3n) is 2.40. The molecule has 1 heterocycles. The lowest BCUT2D eigenvalue weighted by Crippen LogP contribution is -2.06. The first-order chi connectivity index (χ1) is 9.75. The Morgan fingerprint density at radius 1 is 1.20 bits per heavy atom. The first-order valence-electron chi connectivity index (χ1n) is 6.16. The summed E-state index contributed by atoms with van der Waals surface area (Å²) in [5.41, 5.74) is 0.746. The number of methoxy groups -OCH3 is 1. The average Bonchev–Trinajstić information content (AvgIpc) is 2.47. The lowest BCUT2D eigenvalue weighted by Gasteiger charge is -2.08.